The van der Waals surface area contributed by atoms with Crippen molar-refractivity contribution in [1.29, 1.82) is 0 Å². The molecule has 3 aromatic rings. The summed E-state index contributed by atoms with van der Waals surface area (Å²) in [5.74, 6) is -0.280. The number of carbonyl (C=O) groups excluding carboxylic acids is 1. The lowest BCUT2D eigenvalue weighted by molar-refractivity contribution is -0.134. The summed E-state index contributed by atoms with van der Waals surface area (Å²) in [7, 11) is 3.06. The van der Waals surface area contributed by atoms with E-state index < -0.39 is 23.1 Å². The molecule has 0 fully saturated rings. The molecule has 2 heterocycles. The van der Waals surface area contributed by atoms with Gasteiger partial charge in [0.1, 0.15) is 11.6 Å². The molecule has 5 rings (SSSR count). The van der Waals surface area contributed by atoms with Crippen LogP contribution in [0.5, 0.6) is 0 Å². The molecule has 154 valence electrons. The number of esters is 1. The molecule has 0 saturated carbocycles. The first-order valence-corrected chi connectivity index (χ1v) is 9.86. The quantitative estimate of drug-likeness (QED) is 0.605. The van der Waals surface area contributed by atoms with Crippen LogP contribution in [0.15, 0.2) is 74.8 Å². The third-order valence-corrected chi connectivity index (χ3v) is 5.77. The zero-order valence-electron chi connectivity index (χ0n) is 17.2. The number of ether oxygens (including phenoxy) is 1. The predicted octanol–water partition coefficient (Wildman–Crippen LogP) is 2.64. The van der Waals surface area contributed by atoms with Crippen LogP contribution in [0.2, 0.25) is 0 Å². The van der Waals surface area contributed by atoms with Crippen LogP contribution in [-0.4, -0.2) is 20.8 Å². The second-order valence-corrected chi connectivity index (χ2v) is 7.63. The lowest BCUT2D eigenvalue weighted by atomic mass is 9.81. The highest BCUT2D eigenvalue weighted by molar-refractivity contribution is 6.25. The Morgan fingerprint density at radius 3 is 2.26 bits per heavy atom. The molecule has 1 aliphatic carbocycles. The standard InChI is InChI=1S/C24H19N3O4/c1-13(28)31-21-16-12-8-7-11-15(16)20-18(21)17(14-9-5-4-6-10-14)19-22(25-20)26(2)24(30)27(3)23(19)29/h4-12,17H,1-3H3. The van der Waals surface area contributed by atoms with Gasteiger partial charge in [-0.3, -0.25) is 18.7 Å². The van der Waals surface area contributed by atoms with Crippen LogP contribution in [0.3, 0.4) is 0 Å². The monoisotopic (exact) mass is 413 g/mol. The van der Waals surface area contributed by atoms with E-state index in [0.29, 0.717) is 28.4 Å². The molecule has 1 aromatic heterocycles. The van der Waals surface area contributed by atoms with Crippen LogP contribution in [0.25, 0.3) is 5.76 Å². The number of hydrogen-bond acceptors (Lipinski definition) is 5. The van der Waals surface area contributed by atoms with Crippen molar-refractivity contribution in [3.63, 3.8) is 0 Å². The molecule has 7 nitrogen and oxygen atoms in total. The van der Waals surface area contributed by atoms with Gasteiger partial charge in [0.25, 0.3) is 5.56 Å². The molecule has 1 unspecified atom stereocenters. The summed E-state index contributed by atoms with van der Waals surface area (Å²) < 4.78 is 8.16. The molecule has 0 N–H and O–H groups in total. The van der Waals surface area contributed by atoms with E-state index in [9.17, 15) is 14.4 Å². The highest BCUT2D eigenvalue weighted by Gasteiger charge is 2.42. The van der Waals surface area contributed by atoms with Crippen LogP contribution in [0.1, 0.15) is 35.1 Å². The third-order valence-electron chi connectivity index (χ3n) is 5.77. The van der Waals surface area contributed by atoms with Crippen LogP contribution in [0.4, 0.5) is 5.82 Å². The molecule has 0 bridgehead atoms. The Morgan fingerprint density at radius 1 is 0.935 bits per heavy atom. The average Bonchev–Trinajstić information content (AvgIpc) is 3.08. The smallest absolute Gasteiger partial charge is 0.332 e. The second-order valence-electron chi connectivity index (χ2n) is 7.63. The molecule has 0 radical (unpaired) electrons. The lowest BCUT2D eigenvalue weighted by Crippen LogP contribution is -2.41. The van der Waals surface area contributed by atoms with Gasteiger partial charge in [0, 0.05) is 43.6 Å². The summed E-state index contributed by atoms with van der Waals surface area (Å²) >= 11 is 0. The number of allylic oxidation sites excluding steroid dienone is 1. The first kappa shape index (κ1) is 19.0. The van der Waals surface area contributed by atoms with E-state index in [0.717, 1.165) is 21.3 Å². The molecule has 0 spiro atoms. The molecule has 0 saturated heterocycles. The van der Waals surface area contributed by atoms with Crippen molar-refractivity contribution in [1.82, 2.24) is 9.13 Å². The van der Waals surface area contributed by atoms with Gasteiger partial charge in [0.15, 0.2) is 0 Å². The fourth-order valence-electron chi connectivity index (χ4n) is 4.40. The Hall–Kier alpha value is -4.00. The van der Waals surface area contributed by atoms with E-state index in [4.69, 9.17) is 9.73 Å². The van der Waals surface area contributed by atoms with Crippen LogP contribution in [0, 0.1) is 0 Å². The Bertz CT molecular complexity index is 1440. The van der Waals surface area contributed by atoms with E-state index in [2.05, 4.69) is 0 Å². The van der Waals surface area contributed by atoms with Gasteiger partial charge in [0.05, 0.1) is 11.3 Å². The zero-order chi connectivity index (χ0) is 21.9. The maximum absolute atomic E-state index is 13.3. The van der Waals surface area contributed by atoms with Gasteiger partial charge in [-0.2, -0.15) is 0 Å². The summed E-state index contributed by atoms with van der Waals surface area (Å²) in [5, 5.41) is 0. The highest BCUT2D eigenvalue weighted by atomic mass is 16.5. The molecule has 7 heteroatoms. The fraction of sp³-hybridized carbons (Fsp3) is 0.167. The summed E-state index contributed by atoms with van der Waals surface area (Å²) in [6.07, 6.45) is 0. The molecule has 1 atom stereocenters. The minimum absolute atomic E-state index is 0.319. The SMILES string of the molecule is CC(=O)OC1=C2C(=Nc3c(c(=O)n(C)c(=O)n3C)C2c2ccccc2)c2ccccc21. The minimum Gasteiger partial charge on any atom is -0.426 e. The van der Waals surface area contributed by atoms with Gasteiger partial charge in [-0.15, -0.1) is 0 Å². The number of benzene rings is 2. The maximum atomic E-state index is 13.3. The number of carbonyl (C=O) groups is 1. The summed E-state index contributed by atoms with van der Waals surface area (Å²) in [6.45, 7) is 1.35. The molecule has 1 aliphatic heterocycles. The average molecular weight is 413 g/mol. The van der Waals surface area contributed by atoms with Crippen molar-refractivity contribution >= 4 is 23.3 Å². The summed E-state index contributed by atoms with van der Waals surface area (Å²) in [5.41, 5.74) is 3.17. The summed E-state index contributed by atoms with van der Waals surface area (Å²) in [6, 6.07) is 17.0. The van der Waals surface area contributed by atoms with Crippen LogP contribution < -0.4 is 11.2 Å². The number of fused-ring (bicyclic) bond motifs is 4. The van der Waals surface area contributed by atoms with Crippen LogP contribution >= 0.6 is 0 Å². The lowest BCUT2D eigenvalue weighted by Gasteiger charge is -2.27. The molecule has 2 aromatic carbocycles. The van der Waals surface area contributed by atoms with Gasteiger partial charge in [-0.25, -0.2) is 9.79 Å². The van der Waals surface area contributed by atoms with E-state index in [1.165, 1.54) is 18.5 Å². The molecule has 31 heavy (non-hydrogen) atoms. The first-order valence-electron chi connectivity index (χ1n) is 9.86. The van der Waals surface area contributed by atoms with Crippen molar-refractivity contribution in [3.05, 3.63) is 103 Å². The van der Waals surface area contributed by atoms with Gasteiger partial charge in [-0.1, -0.05) is 54.6 Å². The molecule has 2 aliphatic rings. The maximum Gasteiger partial charge on any atom is 0.332 e. The Kier molecular flexibility index (Phi) is 4.15. The zero-order valence-corrected chi connectivity index (χ0v) is 17.2. The van der Waals surface area contributed by atoms with Crippen LogP contribution in [-0.2, 0) is 23.6 Å². The number of rotatable bonds is 2. The van der Waals surface area contributed by atoms with Crippen molar-refractivity contribution in [2.45, 2.75) is 12.8 Å². The molecule has 0 amide bonds. The number of aromatic nitrogens is 2. The molecular weight excluding hydrogens is 394 g/mol. The Balaban J connectivity index is 1.96. The Labute approximate surface area is 177 Å². The van der Waals surface area contributed by atoms with Gasteiger partial charge in [-0.05, 0) is 5.56 Å². The number of hydrogen-bond donors (Lipinski definition) is 0. The number of aliphatic imine (C=N–C) groups is 1. The van der Waals surface area contributed by atoms with Crippen molar-refractivity contribution in [2.75, 3.05) is 0 Å². The van der Waals surface area contributed by atoms with E-state index >= 15 is 0 Å². The Morgan fingerprint density at radius 2 is 1.58 bits per heavy atom. The largest absolute Gasteiger partial charge is 0.426 e. The van der Waals surface area contributed by atoms with E-state index in [-0.39, 0.29) is 0 Å². The van der Waals surface area contributed by atoms with E-state index in [1.54, 1.807) is 7.05 Å². The van der Waals surface area contributed by atoms with Gasteiger partial charge >= 0.3 is 11.7 Å². The van der Waals surface area contributed by atoms with Crippen molar-refractivity contribution in [2.24, 2.45) is 19.1 Å². The predicted molar refractivity (Wildman–Crippen MR) is 117 cm³/mol. The first-order chi connectivity index (χ1) is 14.9. The normalized spacial score (nSPS) is 16.4. The molecular formula is C24H19N3O4. The fourth-order valence-corrected chi connectivity index (χ4v) is 4.40. The highest BCUT2D eigenvalue weighted by Crippen LogP contribution is 2.48. The van der Waals surface area contributed by atoms with Gasteiger partial charge < -0.3 is 4.74 Å². The number of nitrogens with zero attached hydrogens (tertiary/aromatic N) is 3. The van der Waals surface area contributed by atoms with E-state index in [1.807, 2.05) is 54.6 Å². The summed E-state index contributed by atoms with van der Waals surface area (Å²) in [4.78, 5) is 42.7. The van der Waals surface area contributed by atoms with Gasteiger partial charge in [0.2, 0.25) is 0 Å². The third kappa shape index (κ3) is 2.66. The van der Waals surface area contributed by atoms with Crippen molar-refractivity contribution in [3.8, 4) is 0 Å². The van der Waals surface area contributed by atoms with Crippen molar-refractivity contribution < 1.29 is 9.53 Å². The minimum atomic E-state index is -0.545. The second kappa shape index (κ2) is 6.77. The topological polar surface area (TPSA) is 82.7 Å².